The van der Waals surface area contributed by atoms with Gasteiger partial charge in [0.1, 0.15) is 0 Å². The third kappa shape index (κ3) is 2.90. The molecule has 2 heterocycles. The Morgan fingerprint density at radius 3 is 2.62 bits per heavy atom. The summed E-state index contributed by atoms with van der Waals surface area (Å²) in [5.41, 5.74) is -2.94. The van der Waals surface area contributed by atoms with Crippen LogP contribution in [0, 0.1) is 5.41 Å². The van der Waals surface area contributed by atoms with E-state index >= 15 is 0 Å². The Bertz CT molecular complexity index is 415. The van der Waals surface area contributed by atoms with E-state index in [4.69, 9.17) is 9.84 Å². The monoisotopic (exact) mass is 309 g/mol. The first kappa shape index (κ1) is 16.5. The molecule has 0 aromatic rings. The molecule has 0 aromatic heterocycles. The minimum Gasteiger partial charge on any atom is -0.481 e. The van der Waals surface area contributed by atoms with E-state index in [-0.39, 0.29) is 24.6 Å². The molecule has 3 unspecified atom stereocenters. The van der Waals surface area contributed by atoms with E-state index in [0.29, 0.717) is 19.4 Å². The van der Waals surface area contributed by atoms with Gasteiger partial charge < -0.3 is 9.84 Å². The number of aliphatic carboxylic acids is 1. The summed E-state index contributed by atoms with van der Waals surface area (Å²) in [4.78, 5) is 12.9. The smallest absolute Gasteiger partial charge is 0.406 e. The summed E-state index contributed by atoms with van der Waals surface area (Å²) < 4.78 is 45.3. The highest BCUT2D eigenvalue weighted by Gasteiger charge is 2.64. The third-order valence-corrected chi connectivity index (χ3v) is 5.08. The number of hydrogen-bond acceptors (Lipinski definition) is 3. The largest absolute Gasteiger partial charge is 0.481 e. The van der Waals surface area contributed by atoms with Crippen molar-refractivity contribution in [2.75, 3.05) is 19.7 Å². The number of halogens is 3. The SMILES string of the molecule is CCC1(C)CC(N2CCC(C(=O)O)(C(F)(F)F)C2)CCO1. The standard InChI is InChI=1S/C14H22F3NO3/c1-3-12(2)8-10(4-7-21-12)18-6-5-13(9-18,11(19)20)14(15,16)17/h10H,3-9H2,1-2H3,(H,19,20). The Balaban J connectivity index is 2.13. The predicted octanol–water partition coefficient (Wildman–Crippen LogP) is 2.67. The van der Waals surface area contributed by atoms with Crippen LogP contribution in [-0.2, 0) is 9.53 Å². The van der Waals surface area contributed by atoms with Crippen LogP contribution in [0.3, 0.4) is 0 Å². The minimum atomic E-state index is -4.72. The van der Waals surface area contributed by atoms with E-state index < -0.39 is 24.1 Å². The second-order valence-electron chi connectivity index (χ2n) is 6.40. The maximum Gasteiger partial charge on any atom is 0.406 e. The summed E-state index contributed by atoms with van der Waals surface area (Å²) in [6.45, 7) is 4.19. The van der Waals surface area contributed by atoms with Gasteiger partial charge in [0.2, 0.25) is 0 Å². The highest BCUT2D eigenvalue weighted by Crippen LogP contribution is 2.47. The molecule has 0 aromatic carbocycles. The molecule has 0 spiro atoms. The van der Waals surface area contributed by atoms with Gasteiger partial charge in [-0.25, -0.2) is 0 Å². The van der Waals surface area contributed by atoms with Crippen molar-refractivity contribution in [3.8, 4) is 0 Å². The summed E-state index contributed by atoms with van der Waals surface area (Å²) in [6.07, 6.45) is -2.99. The second-order valence-corrected chi connectivity index (χ2v) is 6.40. The molecule has 0 radical (unpaired) electrons. The lowest BCUT2D eigenvalue weighted by molar-refractivity contribution is -0.228. The van der Waals surface area contributed by atoms with Gasteiger partial charge in [0, 0.05) is 19.2 Å². The number of likely N-dealkylation sites (tertiary alicyclic amines) is 1. The summed E-state index contributed by atoms with van der Waals surface area (Å²) in [5.74, 6) is -1.76. The molecule has 3 atom stereocenters. The molecule has 0 amide bonds. The molecule has 21 heavy (non-hydrogen) atoms. The highest BCUT2D eigenvalue weighted by atomic mass is 19.4. The Morgan fingerprint density at radius 2 is 2.14 bits per heavy atom. The van der Waals surface area contributed by atoms with Gasteiger partial charge in [-0.1, -0.05) is 6.92 Å². The summed E-state index contributed by atoms with van der Waals surface area (Å²) in [5, 5.41) is 9.09. The molecular formula is C14H22F3NO3. The van der Waals surface area contributed by atoms with Gasteiger partial charge in [-0.05, 0) is 39.2 Å². The molecule has 0 aliphatic carbocycles. The Hall–Kier alpha value is -0.820. The zero-order valence-electron chi connectivity index (χ0n) is 12.4. The number of carboxylic acid groups (broad SMARTS) is 1. The number of ether oxygens (including phenoxy) is 1. The van der Waals surface area contributed by atoms with Crippen LogP contribution in [0.25, 0.3) is 0 Å². The van der Waals surface area contributed by atoms with Crippen molar-refractivity contribution in [2.24, 2.45) is 5.41 Å². The van der Waals surface area contributed by atoms with Crippen LogP contribution in [0.2, 0.25) is 0 Å². The fourth-order valence-corrected chi connectivity index (χ4v) is 3.34. The predicted molar refractivity (Wildman–Crippen MR) is 70.0 cm³/mol. The number of carboxylic acids is 1. The van der Waals surface area contributed by atoms with E-state index in [0.717, 1.165) is 6.42 Å². The van der Waals surface area contributed by atoms with Gasteiger partial charge >= 0.3 is 12.1 Å². The molecular weight excluding hydrogens is 287 g/mol. The van der Waals surface area contributed by atoms with Gasteiger partial charge in [0.15, 0.2) is 5.41 Å². The molecule has 1 N–H and O–H groups in total. The second kappa shape index (κ2) is 5.43. The molecule has 2 saturated heterocycles. The van der Waals surface area contributed by atoms with Crippen molar-refractivity contribution in [1.29, 1.82) is 0 Å². The van der Waals surface area contributed by atoms with Crippen molar-refractivity contribution >= 4 is 5.97 Å². The lowest BCUT2D eigenvalue weighted by atomic mass is 9.86. The lowest BCUT2D eigenvalue weighted by Gasteiger charge is -2.42. The van der Waals surface area contributed by atoms with Gasteiger partial charge in [0.05, 0.1) is 5.60 Å². The van der Waals surface area contributed by atoms with E-state index in [9.17, 15) is 18.0 Å². The molecule has 2 aliphatic heterocycles. The molecule has 0 bridgehead atoms. The molecule has 2 fully saturated rings. The van der Waals surface area contributed by atoms with Crippen LogP contribution in [0.1, 0.15) is 39.5 Å². The average Bonchev–Trinajstić information content (AvgIpc) is 2.85. The number of hydrogen-bond donors (Lipinski definition) is 1. The first-order chi connectivity index (χ1) is 9.63. The molecule has 2 rings (SSSR count). The number of carbonyl (C=O) groups is 1. The van der Waals surface area contributed by atoms with E-state index in [2.05, 4.69) is 0 Å². The summed E-state index contributed by atoms with van der Waals surface area (Å²) in [7, 11) is 0. The van der Waals surface area contributed by atoms with Crippen LogP contribution < -0.4 is 0 Å². The van der Waals surface area contributed by atoms with Crippen molar-refractivity contribution < 1.29 is 27.8 Å². The quantitative estimate of drug-likeness (QED) is 0.871. The fraction of sp³-hybridized carbons (Fsp3) is 0.929. The zero-order chi connectivity index (χ0) is 15.9. The van der Waals surface area contributed by atoms with E-state index in [1.807, 2.05) is 13.8 Å². The van der Waals surface area contributed by atoms with Crippen LogP contribution in [-0.4, -0.2) is 53.5 Å². The average molecular weight is 309 g/mol. The minimum absolute atomic E-state index is 0.0349. The number of alkyl halides is 3. The van der Waals surface area contributed by atoms with Crippen LogP contribution in [0.5, 0.6) is 0 Å². The normalized spacial score (nSPS) is 38.6. The molecule has 122 valence electrons. The van der Waals surface area contributed by atoms with Crippen molar-refractivity contribution in [3.63, 3.8) is 0 Å². The maximum absolute atomic E-state index is 13.2. The molecule has 4 nitrogen and oxygen atoms in total. The van der Waals surface area contributed by atoms with Crippen molar-refractivity contribution in [2.45, 2.75) is 57.3 Å². The molecule has 2 aliphatic rings. The summed E-state index contributed by atoms with van der Waals surface area (Å²) in [6, 6.07) is -0.0349. The molecule has 7 heteroatoms. The number of rotatable bonds is 3. The van der Waals surface area contributed by atoms with Crippen LogP contribution >= 0.6 is 0 Å². The van der Waals surface area contributed by atoms with Gasteiger partial charge in [-0.15, -0.1) is 0 Å². The van der Waals surface area contributed by atoms with Crippen molar-refractivity contribution in [3.05, 3.63) is 0 Å². The lowest BCUT2D eigenvalue weighted by Crippen LogP contribution is -2.50. The van der Waals surface area contributed by atoms with Crippen LogP contribution in [0.4, 0.5) is 13.2 Å². The molecule has 0 saturated carbocycles. The zero-order valence-corrected chi connectivity index (χ0v) is 12.4. The Kier molecular flexibility index (Phi) is 4.28. The van der Waals surface area contributed by atoms with E-state index in [1.165, 1.54) is 0 Å². The van der Waals surface area contributed by atoms with Gasteiger partial charge in [-0.2, -0.15) is 13.2 Å². The maximum atomic E-state index is 13.2. The first-order valence-corrected chi connectivity index (χ1v) is 7.32. The van der Waals surface area contributed by atoms with Gasteiger partial charge in [0.25, 0.3) is 0 Å². The Labute approximate surface area is 122 Å². The Morgan fingerprint density at radius 1 is 1.48 bits per heavy atom. The third-order valence-electron chi connectivity index (χ3n) is 5.08. The summed E-state index contributed by atoms with van der Waals surface area (Å²) >= 11 is 0. The number of nitrogens with zero attached hydrogens (tertiary/aromatic N) is 1. The van der Waals surface area contributed by atoms with Crippen LogP contribution in [0.15, 0.2) is 0 Å². The van der Waals surface area contributed by atoms with Gasteiger partial charge in [-0.3, -0.25) is 9.69 Å². The fourth-order valence-electron chi connectivity index (χ4n) is 3.34. The topological polar surface area (TPSA) is 49.8 Å². The van der Waals surface area contributed by atoms with E-state index in [1.54, 1.807) is 4.90 Å². The highest BCUT2D eigenvalue weighted by molar-refractivity contribution is 5.76. The van der Waals surface area contributed by atoms with Crippen molar-refractivity contribution in [1.82, 2.24) is 4.90 Å². The first-order valence-electron chi connectivity index (χ1n) is 7.32.